The summed E-state index contributed by atoms with van der Waals surface area (Å²) in [6.45, 7) is 0. The Bertz CT molecular complexity index is 803. The van der Waals surface area contributed by atoms with Crippen molar-refractivity contribution >= 4 is 23.0 Å². The van der Waals surface area contributed by atoms with E-state index in [0.29, 0.717) is 17.3 Å². The second-order valence-electron chi connectivity index (χ2n) is 5.42. The van der Waals surface area contributed by atoms with E-state index in [1.807, 2.05) is 73.6 Å². The molecular weight excluding hydrogens is 302 g/mol. The molecule has 0 aliphatic rings. The van der Waals surface area contributed by atoms with Gasteiger partial charge >= 0.3 is 0 Å². The normalized spacial score (nSPS) is 10.2. The highest BCUT2D eigenvalue weighted by molar-refractivity contribution is 5.78. The van der Waals surface area contributed by atoms with Gasteiger partial charge in [-0.15, -0.1) is 0 Å². The molecular formula is C18H19N5O. The molecule has 3 rings (SSSR count). The van der Waals surface area contributed by atoms with Gasteiger partial charge in [0.15, 0.2) is 11.6 Å². The van der Waals surface area contributed by atoms with E-state index in [-0.39, 0.29) is 0 Å². The molecule has 1 aromatic heterocycles. The van der Waals surface area contributed by atoms with Crippen LogP contribution in [-0.2, 0) is 0 Å². The van der Waals surface area contributed by atoms with E-state index < -0.39 is 0 Å². The van der Waals surface area contributed by atoms with Gasteiger partial charge in [-0.05, 0) is 36.4 Å². The van der Waals surface area contributed by atoms with Crippen LogP contribution in [0.5, 0.6) is 11.5 Å². The SMILES string of the molecule is CN(C)c1ncnc(Nc2ccc(Oc3ccccc3)cc2)c1N. The quantitative estimate of drug-likeness (QED) is 0.747. The van der Waals surface area contributed by atoms with Crippen LogP contribution in [0, 0.1) is 0 Å². The zero-order valence-electron chi connectivity index (χ0n) is 13.6. The smallest absolute Gasteiger partial charge is 0.159 e. The predicted molar refractivity (Wildman–Crippen MR) is 97.0 cm³/mol. The van der Waals surface area contributed by atoms with Crippen LogP contribution in [-0.4, -0.2) is 24.1 Å². The first-order chi connectivity index (χ1) is 11.6. The third-order valence-corrected chi connectivity index (χ3v) is 3.38. The van der Waals surface area contributed by atoms with Crippen LogP contribution in [0.25, 0.3) is 0 Å². The van der Waals surface area contributed by atoms with Crippen molar-refractivity contribution in [3.63, 3.8) is 0 Å². The largest absolute Gasteiger partial charge is 0.457 e. The van der Waals surface area contributed by atoms with Gasteiger partial charge in [0.1, 0.15) is 23.5 Å². The number of anilines is 4. The summed E-state index contributed by atoms with van der Waals surface area (Å²) in [4.78, 5) is 10.2. The molecule has 0 saturated heterocycles. The number of aromatic nitrogens is 2. The van der Waals surface area contributed by atoms with Crippen molar-refractivity contribution in [1.29, 1.82) is 0 Å². The summed E-state index contributed by atoms with van der Waals surface area (Å²) >= 11 is 0. The molecule has 0 bridgehead atoms. The van der Waals surface area contributed by atoms with Crippen LogP contribution in [0.1, 0.15) is 0 Å². The molecule has 0 amide bonds. The van der Waals surface area contributed by atoms with Crippen LogP contribution >= 0.6 is 0 Å². The van der Waals surface area contributed by atoms with Crippen molar-refractivity contribution in [3.8, 4) is 11.5 Å². The highest BCUT2D eigenvalue weighted by Gasteiger charge is 2.09. The monoisotopic (exact) mass is 321 g/mol. The molecule has 0 aliphatic carbocycles. The molecule has 0 atom stereocenters. The maximum Gasteiger partial charge on any atom is 0.159 e. The topological polar surface area (TPSA) is 76.3 Å². The molecule has 6 nitrogen and oxygen atoms in total. The lowest BCUT2D eigenvalue weighted by molar-refractivity contribution is 0.483. The number of nitrogens with one attached hydrogen (secondary N) is 1. The van der Waals surface area contributed by atoms with E-state index >= 15 is 0 Å². The van der Waals surface area contributed by atoms with Crippen LogP contribution in [0.15, 0.2) is 60.9 Å². The molecule has 0 saturated carbocycles. The Morgan fingerprint density at radius 2 is 1.58 bits per heavy atom. The molecule has 6 heteroatoms. The molecule has 0 radical (unpaired) electrons. The molecule has 0 spiro atoms. The lowest BCUT2D eigenvalue weighted by Gasteiger charge is -2.16. The highest BCUT2D eigenvalue weighted by Crippen LogP contribution is 2.28. The standard InChI is InChI=1S/C18H19N5O/c1-23(2)18-16(19)17(20-12-21-18)22-13-8-10-15(11-9-13)24-14-6-4-3-5-7-14/h3-12H,19H2,1-2H3,(H,20,21,22). The second kappa shape index (κ2) is 6.87. The van der Waals surface area contributed by atoms with E-state index in [1.165, 1.54) is 6.33 Å². The summed E-state index contributed by atoms with van der Waals surface area (Å²) in [5.41, 5.74) is 7.48. The lowest BCUT2D eigenvalue weighted by Crippen LogP contribution is -2.14. The zero-order valence-corrected chi connectivity index (χ0v) is 13.6. The highest BCUT2D eigenvalue weighted by atomic mass is 16.5. The molecule has 1 heterocycles. The maximum atomic E-state index is 6.11. The first-order valence-electron chi connectivity index (χ1n) is 7.51. The molecule has 0 fully saturated rings. The zero-order chi connectivity index (χ0) is 16.9. The average molecular weight is 321 g/mol. The van der Waals surface area contributed by atoms with Gasteiger partial charge in [0, 0.05) is 19.8 Å². The molecule has 0 aliphatic heterocycles. The number of nitrogen functional groups attached to an aromatic ring is 1. The first-order valence-corrected chi connectivity index (χ1v) is 7.51. The number of rotatable bonds is 5. The van der Waals surface area contributed by atoms with Gasteiger partial charge in [-0.2, -0.15) is 0 Å². The van der Waals surface area contributed by atoms with Gasteiger partial charge in [0.25, 0.3) is 0 Å². The Balaban J connectivity index is 1.74. The van der Waals surface area contributed by atoms with E-state index in [0.717, 1.165) is 17.2 Å². The summed E-state index contributed by atoms with van der Waals surface area (Å²) in [6.07, 6.45) is 1.49. The van der Waals surface area contributed by atoms with E-state index in [2.05, 4.69) is 15.3 Å². The average Bonchev–Trinajstić information content (AvgIpc) is 2.59. The number of hydrogen-bond acceptors (Lipinski definition) is 6. The number of para-hydroxylation sites is 1. The van der Waals surface area contributed by atoms with Gasteiger partial charge in [-0.1, -0.05) is 18.2 Å². The number of hydrogen-bond donors (Lipinski definition) is 2. The Morgan fingerprint density at radius 3 is 2.25 bits per heavy atom. The van der Waals surface area contributed by atoms with Crippen molar-refractivity contribution in [2.45, 2.75) is 0 Å². The molecule has 122 valence electrons. The molecule has 3 N–H and O–H groups in total. The Morgan fingerprint density at radius 1 is 0.917 bits per heavy atom. The van der Waals surface area contributed by atoms with E-state index in [9.17, 15) is 0 Å². The van der Waals surface area contributed by atoms with Gasteiger partial charge < -0.3 is 20.7 Å². The summed E-state index contributed by atoms with van der Waals surface area (Å²) in [6, 6.07) is 17.3. The fraction of sp³-hybridized carbons (Fsp3) is 0.111. The summed E-state index contributed by atoms with van der Waals surface area (Å²) < 4.78 is 5.77. The summed E-state index contributed by atoms with van der Waals surface area (Å²) in [5, 5.41) is 3.20. The maximum absolute atomic E-state index is 6.11. The number of nitrogens with zero attached hydrogens (tertiary/aromatic N) is 3. The van der Waals surface area contributed by atoms with Gasteiger partial charge in [-0.25, -0.2) is 9.97 Å². The minimum absolute atomic E-state index is 0.507. The number of ether oxygens (including phenoxy) is 1. The lowest BCUT2D eigenvalue weighted by atomic mass is 10.3. The summed E-state index contributed by atoms with van der Waals surface area (Å²) in [7, 11) is 3.77. The third-order valence-electron chi connectivity index (χ3n) is 3.38. The van der Waals surface area contributed by atoms with E-state index in [4.69, 9.17) is 10.5 Å². The minimum Gasteiger partial charge on any atom is -0.457 e. The fourth-order valence-corrected chi connectivity index (χ4v) is 2.21. The number of benzene rings is 2. The van der Waals surface area contributed by atoms with Gasteiger partial charge in [-0.3, -0.25) is 0 Å². The second-order valence-corrected chi connectivity index (χ2v) is 5.42. The van der Waals surface area contributed by atoms with E-state index in [1.54, 1.807) is 0 Å². The minimum atomic E-state index is 0.507. The van der Waals surface area contributed by atoms with Gasteiger partial charge in [0.2, 0.25) is 0 Å². The van der Waals surface area contributed by atoms with Crippen LogP contribution < -0.4 is 20.7 Å². The predicted octanol–water partition coefficient (Wildman–Crippen LogP) is 3.66. The fourth-order valence-electron chi connectivity index (χ4n) is 2.21. The first kappa shape index (κ1) is 15.6. The van der Waals surface area contributed by atoms with Gasteiger partial charge in [0.05, 0.1) is 0 Å². The third kappa shape index (κ3) is 3.55. The van der Waals surface area contributed by atoms with Crippen molar-refractivity contribution in [2.75, 3.05) is 30.0 Å². The van der Waals surface area contributed by atoms with Crippen molar-refractivity contribution in [2.24, 2.45) is 0 Å². The Kier molecular flexibility index (Phi) is 4.47. The van der Waals surface area contributed by atoms with Crippen LogP contribution in [0.3, 0.4) is 0 Å². The molecule has 3 aromatic rings. The van der Waals surface area contributed by atoms with Crippen molar-refractivity contribution < 1.29 is 4.74 Å². The molecule has 24 heavy (non-hydrogen) atoms. The number of nitrogens with two attached hydrogens (primary N) is 1. The molecule has 0 unspecified atom stereocenters. The molecule has 2 aromatic carbocycles. The van der Waals surface area contributed by atoms with Crippen molar-refractivity contribution in [3.05, 3.63) is 60.9 Å². The van der Waals surface area contributed by atoms with Crippen LogP contribution in [0.2, 0.25) is 0 Å². The summed E-state index contributed by atoms with van der Waals surface area (Å²) in [5.74, 6) is 2.81. The van der Waals surface area contributed by atoms with Crippen LogP contribution in [0.4, 0.5) is 23.0 Å². The van der Waals surface area contributed by atoms with Crippen molar-refractivity contribution in [1.82, 2.24) is 9.97 Å². The Hall–Kier alpha value is -3.28. The Labute approximate surface area is 140 Å².